The van der Waals surface area contributed by atoms with Crippen LogP contribution in [0.3, 0.4) is 0 Å². The summed E-state index contributed by atoms with van der Waals surface area (Å²) < 4.78 is 12.3. The Labute approximate surface area is 237 Å². The topological polar surface area (TPSA) is 98.3 Å². The van der Waals surface area contributed by atoms with Crippen LogP contribution in [-0.4, -0.2) is 129 Å². The number of carbonyl (C=O) groups excluding carboxylic acids is 3. The average molecular weight is 559 g/mol. The fourth-order valence-electron chi connectivity index (χ4n) is 2.40. The second kappa shape index (κ2) is 26.1. The van der Waals surface area contributed by atoms with Crippen LogP contribution in [0.5, 0.6) is 0 Å². The van der Waals surface area contributed by atoms with E-state index in [0.29, 0.717) is 0 Å². The van der Waals surface area contributed by atoms with Crippen molar-refractivity contribution in [1.82, 2.24) is 29.4 Å². The van der Waals surface area contributed by atoms with Crippen molar-refractivity contribution in [2.24, 2.45) is 0 Å². The molecule has 3 aliphatic heterocycles. The Balaban J connectivity index is -0.000000407. The van der Waals surface area contributed by atoms with Crippen molar-refractivity contribution in [1.29, 1.82) is 0 Å². The number of nitrogens with zero attached hydrogens (tertiary/aromatic N) is 6. The van der Waals surface area contributed by atoms with E-state index < -0.39 is 0 Å². The lowest BCUT2D eigenvalue weighted by Gasteiger charge is -2.17. The first-order valence-corrected chi connectivity index (χ1v) is 12.8. The minimum absolute atomic E-state index is 0.245. The SMILES string of the molecule is CCN1C=CN(C)C1.CCN1C=CN(CC)C1.CN1C=CN(C)C1.COC(C)=O.COC(C)=O.COC(C)=O. The minimum atomic E-state index is -0.245. The quantitative estimate of drug-likeness (QED) is 0.376. The molecule has 228 valence electrons. The number of esters is 3. The molecule has 0 aliphatic carbocycles. The van der Waals surface area contributed by atoms with E-state index in [1.807, 2.05) is 0 Å². The Morgan fingerprint density at radius 2 is 0.744 bits per heavy atom. The predicted molar refractivity (Wildman–Crippen MR) is 156 cm³/mol. The predicted octanol–water partition coefficient (Wildman–Crippen LogP) is 2.59. The highest BCUT2D eigenvalue weighted by atomic mass is 16.5. The molecule has 0 bridgehead atoms. The highest BCUT2D eigenvalue weighted by molar-refractivity contribution is 5.66. The van der Waals surface area contributed by atoms with E-state index in [1.165, 1.54) is 42.1 Å². The first-order valence-electron chi connectivity index (χ1n) is 12.8. The molecule has 3 heterocycles. The van der Waals surface area contributed by atoms with Gasteiger partial charge in [0.25, 0.3) is 0 Å². The lowest BCUT2D eigenvalue weighted by atomic mass is 10.6. The molecular formula is C27H54N6O6. The van der Waals surface area contributed by atoms with Crippen molar-refractivity contribution < 1.29 is 28.6 Å². The van der Waals surface area contributed by atoms with Crippen molar-refractivity contribution >= 4 is 17.9 Å². The van der Waals surface area contributed by atoms with Crippen LogP contribution in [0.1, 0.15) is 41.5 Å². The molecule has 0 saturated carbocycles. The van der Waals surface area contributed by atoms with Crippen LogP contribution in [0.2, 0.25) is 0 Å². The maximum atomic E-state index is 9.59. The van der Waals surface area contributed by atoms with Crippen LogP contribution in [0, 0.1) is 0 Å². The third-order valence-electron chi connectivity index (χ3n) is 4.89. The van der Waals surface area contributed by atoms with Crippen LogP contribution < -0.4 is 0 Å². The average Bonchev–Trinajstić information content (AvgIpc) is 3.66. The van der Waals surface area contributed by atoms with E-state index in [-0.39, 0.29) is 17.9 Å². The van der Waals surface area contributed by atoms with Crippen molar-refractivity contribution in [2.75, 3.05) is 82.1 Å². The summed E-state index contributed by atoms with van der Waals surface area (Å²) in [5.74, 6) is -0.736. The van der Waals surface area contributed by atoms with Crippen molar-refractivity contribution in [2.45, 2.75) is 41.5 Å². The van der Waals surface area contributed by atoms with E-state index in [4.69, 9.17) is 0 Å². The number of rotatable bonds is 3. The maximum Gasteiger partial charge on any atom is 0.302 e. The van der Waals surface area contributed by atoms with Crippen molar-refractivity contribution in [3.8, 4) is 0 Å². The molecule has 12 heteroatoms. The smallest absolute Gasteiger partial charge is 0.302 e. The first kappa shape index (κ1) is 39.9. The van der Waals surface area contributed by atoms with Crippen LogP contribution in [-0.2, 0) is 28.6 Å². The summed E-state index contributed by atoms with van der Waals surface area (Å²) in [4.78, 5) is 42.0. The Hall–Kier alpha value is -3.57. The fourth-order valence-corrected chi connectivity index (χ4v) is 2.40. The van der Waals surface area contributed by atoms with Gasteiger partial charge in [0, 0.05) is 98.7 Å². The van der Waals surface area contributed by atoms with E-state index in [2.05, 4.69) is 123 Å². The van der Waals surface area contributed by atoms with E-state index in [0.717, 1.165) is 39.6 Å². The third-order valence-corrected chi connectivity index (χ3v) is 4.89. The molecule has 39 heavy (non-hydrogen) atoms. The largest absolute Gasteiger partial charge is 0.469 e. The highest BCUT2D eigenvalue weighted by Crippen LogP contribution is 2.03. The van der Waals surface area contributed by atoms with Gasteiger partial charge in [-0.15, -0.1) is 0 Å². The molecular weight excluding hydrogens is 504 g/mol. The number of carbonyl (C=O) groups is 3. The summed E-state index contributed by atoms with van der Waals surface area (Å²) in [6, 6.07) is 0. The first-order chi connectivity index (χ1) is 18.3. The molecule has 12 nitrogen and oxygen atoms in total. The highest BCUT2D eigenvalue weighted by Gasteiger charge is 2.06. The van der Waals surface area contributed by atoms with Gasteiger partial charge >= 0.3 is 17.9 Å². The molecule has 0 aromatic heterocycles. The van der Waals surface area contributed by atoms with Gasteiger partial charge in [-0.3, -0.25) is 14.4 Å². The fraction of sp³-hybridized carbons (Fsp3) is 0.667. The Kier molecular flexibility index (Phi) is 26.7. The summed E-state index contributed by atoms with van der Waals surface area (Å²) in [7, 11) is 10.2. The Morgan fingerprint density at radius 3 is 0.872 bits per heavy atom. The van der Waals surface area contributed by atoms with Gasteiger partial charge in [-0.25, -0.2) is 0 Å². The van der Waals surface area contributed by atoms with Crippen LogP contribution in [0.15, 0.2) is 37.2 Å². The van der Waals surface area contributed by atoms with Crippen LogP contribution >= 0.6 is 0 Å². The summed E-state index contributed by atoms with van der Waals surface area (Å²) >= 11 is 0. The Morgan fingerprint density at radius 1 is 0.513 bits per heavy atom. The van der Waals surface area contributed by atoms with Crippen molar-refractivity contribution in [3.63, 3.8) is 0 Å². The zero-order valence-electron chi connectivity index (χ0n) is 26.3. The summed E-state index contributed by atoms with van der Waals surface area (Å²) in [5, 5.41) is 0. The van der Waals surface area contributed by atoms with Crippen LogP contribution in [0.4, 0.5) is 0 Å². The van der Waals surface area contributed by atoms with E-state index in [9.17, 15) is 14.4 Å². The van der Waals surface area contributed by atoms with Gasteiger partial charge in [-0.1, -0.05) is 0 Å². The maximum absolute atomic E-state index is 9.59. The van der Waals surface area contributed by atoms with E-state index in [1.54, 1.807) is 0 Å². The lowest BCUT2D eigenvalue weighted by Crippen LogP contribution is -2.24. The van der Waals surface area contributed by atoms with Crippen LogP contribution in [0.25, 0.3) is 0 Å². The zero-order chi connectivity index (χ0) is 30.8. The molecule has 0 fully saturated rings. The van der Waals surface area contributed by atoms with Gasteiger partial charge in [0.05, 0.1) is 41.3 Å². The molecule has 0 spiro atoms. The summed E-state index contributed by atoms with van der Waals surface area (Å²) in [6.45, 7) is 17.1. The minimum Gasteiger partial charge on any atom is -0.469 e. The number of ether oxygens (including phenoxy) is 3. The summed E-state index contributed by atoms with van der Waals surface area (Å²) in [6.07, 6.45) is 12.6. The van der Waals surface area contributed by atoms with Gasteiger partial charge < -0.3 is 43.6 Å². The summed E-state index contributed by atoms with van der Waals surface area (Å²) in [5.41, 5.74) is 0. The number of hydrogen-bond donors (Lipinski definition) is 0. The monoisotopic (exact) mass is 558 g/mol. The van der Waals surface area contributed by atoms with Gasteiger partial charge in [-0.05, 0) is 20.8 Å². The molecule has 3 aliphatic rings. The van der Waals surface area contributed by atoms with Gasteiger partial charge in [0.1, 0.15) is 0 Å². The van der Waals surface area contributed by atoms with Crippen molar-refractivity contribution in [3.05, 3.63) is 37.2 Å². The standard InChI is InChI=1S/C7H14N2.C6H12N2.C5H10N2.3C3H6O2/c1-3-8-5-6-9(4-2)7-8;1-3-8-5-4-7(2)6-8;1-6-3-4-7(2)5-6;3*1-3(4)5-2/h5-6H,3-4,7H2,1-2H3;4-5H,3,6H2,1-2H3;3-4H,5H2,1-2H3;3*1-2H3. The molecule has 0 N–H and O–H groups in total. The number of methoxy groups -OCH3 is 3. The molecule has 0 unspecified atom stereocenters. The lowest BCUT2D eigenvalue weighted by molar-refractivity contribution is -0.138. The number of hydrogen-bond acceptors (Lipinski definition) is 12. The molecule has 0 atom stereocenters. The Bertz CT molecular complexity index is 676. The zero-order valence-corrected chi connectivity index (χ0v) is 26.3. The van der Waals surface area contributed by atoms with Gasteiger partial charge in [-0.2, -0.15) is 0 Å². The second-order valence-corrected chi connectivity index (χ2v) is 8.39. The molecule has 0 aromatic rings. The normalized spacial score (nSPS) is 13.8. The third kappa shape index (κ3) is 28.8. The second-order valence-electron chi connectivity index (χ2n) is 8.39. The molecule has 0 saturated heterocycles. The molecule has 0 aromatic carbocycles. The molecule has 0 amide bonds. The molecule has 0 radical (unpaired) electrons. The van der Waals surface area contributed by atoms with Gasteiger partial charge in [0.2, 0.25) is 0 Å². The van der Waals surface area contributed by atoms with E-state index >= 15 is 0 Å². The van der Waals surface area contributed by atoms with Gasteiger partial charge in [0.15, 0.2) is 0 Å². The molecule has 3 rings (SSSR count).